The molecule has 0 bridgehead atoms. The van der Waals surface area contributed by atoms with Crippen molar-refractivity contribution < 1.29 is 0 Å². The fourth-order valence-electron chi connectivity index (χ4n) is 0.888. The van der Waals surface area contributed by atoms with Crippen LogP contribution in [0.4, 0.5) is 0 Å². The van der Waals surface area contributed by atoms with E-state index in [9.17, 15) is 0 Å². The molecule has 42 valence electrons. The molecule has 2 atom stereocenters. The minimum Gasteiger partial charge on any atom is -0.330 e. The fraction of sp³-hybridized carbons (Fsp3) is 1.00. The van der Waals surface area contributed by atoms with E-state index in [0.29, 0.717) is 0 Å². The van der Waals surface area contributed by atoms with Crippen LogP contribution in [0.25, 0.3) is 0 Å². The molecule has 0 aliphatic heterocycles. The second-order valence-electron chi connectivity index (χ2n) is 2.23. The van der Waals surface area contributed by atoms with Crippen LogP contribution >= 0.6 is 0 Å². The zero-order valence-electron chi connectivity index (χ0n) is 4.43. The minimum absolute atomic E-state index is 0.769. The van der Waals surface area contributed by atoms with Crippen molar-refractivity contribution in [2.24, 2.45) is 23.3 Å². The van der Waals surface area contributed by atoms with Gasteiger partial charge in [-0.25, -0.2) is 0 Å². The van der Waals surface area contributed by atoms with E-state index in [0.717, 1.165) is 24.9 Å². The van der Waals surface area contributed by atoms with Crippen molar-refractivity contribution >= 4 is 0 Å². The molecule has 0 radical (unpaired) electrons. The predicted molar refractivity (Wildman–Crippen MR) is 29.7 cm³/mol. The number of hydrogen-bond donors (Lipinski definition) is 2. The standard InChI is InChI=1S/C5H12N2/c6-2-4-1-5(4)3-7/h4-5H,1-3,6-7H2. The molecule has 0 aromatic carbocycles. The topological polar surface area (TPSA) is 52.0 Å². The van der Waals surface area contributed by atoms with Gasteiger partial charge in [0.2, 0.25) is 0 Å². The van der Waals surface area contributed by atoms with Crippen LogP contribution in [0.15, 0.2) is 0 Å². The van der Waals surface area contributed by atoms with Gasteiger partial charge in [-0.05, 0) is 31.3 Å². The molecule has 2 nitrogen and oxygen atoms in total. The Labute approximate surface area is 43.9 Å². The molecule has 0 aromatic heterocycles. The van der Waals surface area contributed by atoms with Crippen LogP contribution in [-0.4, -0.2) is 13.1 Å². The molecule has 1 aliphatic carbocycles. The Morgan fingerprint density at radius 3 is 1.71 bits per heavy atom. The van der Waals surface area contributed by atoms with Crippen LogP contribution in [0.2, 0.25) is 0 Å². The van der Waals surface area contributed by atoms with Crippen LogP contribution in [0, 0.1) is 11.8 Å². The zero-order chi connectivity index (χ0) is 5.28. The van der Waals surface area contributed by atoms with Gasteiger partial charge >= 0.3 is 0 Å². The summed E-state index contributed by atoms with van der Waals surface area (Å²) in [5.74, 6) is 1.54. The molecule has 2 unspecified atom stereocenters. The molecule has 0 aromatic rings. The second-order valence-corrected chi connectivity index (χ2v) is 2.23. The third-order valence-electron chi connectivity index (χ3n) is 1.67. The zero-order valence-corrected chi connectivity index (χ0v) is 4.43. The summed E-state index contributed by atoms with van der Waals surface area (Å²) in [6, 6.07) is 0. The molecule has 1 saturated carbocycles. The van der Waals surface area contributed by atoms with Gasteiger partial charge in [0.1, 0.15) is 0 Å². The van der Waals surface area contributed by atoms with E-state index in [1.807, 2.05) is 0 Å². The van der Waals surface area contributed by atoms with Gasteiger partial charge in [0.15, 0.2) is 0 Å². The summed E-state index contributed by atoms with van der Waals surface area (Å²) in [5, 5.41) is 0. The van der Waals surface area contributed by atoms with Crippen molar-refractivity contribution in [3.8, 4) is 0 Å². The van der Waals surface area contributed by atoms with Crippen LogP contribution in [0.1, 0.15) is 6.42 Å². The highest BCUT2D eigenvalue weighted by Crippen LogP contribution is 2.35. The van der Waals surface area contributed by atoms with Crippen molar-refractivity contribution in [1.82, 2.24) is 0 Å². The molecule has 1 aliphatic rings. The number of rotatable bonds is 2. The summed E-state index contributed by atoms with van der Waals surface area (Å²) in [6.45, 7) is 1.67. The third-order valence-corrected chi connectivity index (χ3v) is 1.67. The van der Waals surface area contributed by atoms with Crippen molar-refractivity contribution in [3.05, 3.63) is 0 Å². The Morgan fingerprint density at radius 1 is 1.14 bits per heavy atom. The maximum atomic E-state index is 5.34. The van der Waals surface area contributed by atoms with Gasteiger partial charge in [0.25, 0.3) is 0 Å². The highest BCUT2D eigenvalue weighted by atomic mass is 14.7. The molecule has 0 amide bonds. The summed E-state index contributed by atoms with van der Waals surface area (Å²) >= 11 is 0. The quantitative estimate of drug-likeness (QED) is 0.493. The lowest BCUT2D eigenvalue weighted by atomic mass is 10.3. The Hall–Kier alpha value is -0.0800. The largest absolute Gasteiger partial charge is 0.330 e. The summed E-state index contributed by atoms with van der Waals surface area (Å²) < 4.78 is 0. The Bertz CT molecular complexity index is 55.1. The number of nitrogens with two attached hydrogens (primary N) is 2. The lowest BCUT2D eigenvalue weighted by molar-refractivity contribution is 0.715. The minimum atomic E-state index is 0.769. The molecule has 1 rings (SSSR count). The van der Waals surface area contributed by atoms with E-state index in [1.54, 1.807) is 0 Å². The number of hydrogen-bond acceptors (Lipinski definition) is 2. The van der Waals surface area contributed by atoms with E-state index in [4.69, 9.17) is 11.5 Å². The monoisotopic (exact) mass is 100 g/mol. The van der Waals surface area contributed by atoms with Crippen LogP contribution in [0.3, 0.4) is 0 Å². The van der Waals surface area contributed by atoms with Crippen molar-refractivity contribution in [2.45, 2.75) is 6.42 Å². The molecule has 4 N–H and O–H groups in total. The van der Waals surface area contributed by atoms with Gasteiger partial charge in [-0.2, -0.15) is 0 Å². The molecule has 2 heteroatoms. The van der Waals surface area contributed by atoms with Gasteiger partial charge < -0.3 is 11.5 Å². The van der Waals surface area contributed by atoms with Gasteiger partial charge in [0, 0.05) is 0 Å². The molecule has 7 heavy (non-hydrogen) atoms. The van der Waals surface area contributed by atoms with E-state index in [1.165, 1.54) is 6.42 Å². The lowest BCUT2D eigenvalue weighted by Gasteiger charge is -1.86. The SMILES string of the molecule is NCC1CC1CN. The molecule has 0 heterocycles. The van der Waals surface area contributed by atoms with Gasteiger partial charge in [-0.3, -0.25) is 0 Å². The first-order valence-corrected chi connectivity index (χ1v) is 2.78. The molecular formula is C5H12N2. The summed E-state index contributed by atoms with van der Waals surface area (Å²) in [6.07, 6.45) is 1.27. The van der Waals surface area contributed by atoms with E-state index < -0.39 is 0 Å². The van der Waals surface area contributed by atoms with Gasteiger partial charge in [-0.1, -0.05) is 0 Å². The van der Waals surface area contributed by atoms with E-state index in [2.05, 4.69) is 0 Å². The molecule has 0 saturated heterocycles. The average Bonchev–Trinajstić information content (AvgIpc) is 2.43. The van der Waals surface area contributed by atoms with Crippen LogP contribution in [-0.2, 0) is 0 Å². The Balaban J connectivity index is 2.06. The van der Waals surface area contributed by atoms with Gasteiger partial charge in [-0.15, -0.1) is 0 Å². The molecule has 1 fully saturated rings. The first kappa shape index (κ1) is 5.06. The highest BCUT2D eigenvalue weighted by Gasteiger charge is 2.33. The fourth-order valence-corrected chi connectivity index (χ4v) is 0.888. The molecular weight excluding hydrogens is 88.1 g/mol. The Kier molecular flexibility index (Phi) is 1.30. The summed E-state index contributed by atoms with van der Waals surface area (Å²) in [5.41, 5.74) is 10.7. The molecule has 0 spiro atoms. The third kappa shape index (κ3) is 0.924. The van der Waals surface area contributed by atoms with Gasteiger partial charge in [0.05, 0.1) is 0 Å². The van der Waals surface area contributed by atoms with E-state index >= 15 is 0 Å². The summed E-state index contributed by atoms with van der Waals surface area (Å²) in [7, 11) is 0. The first-order valence-electron chi connectivity index (χ1n) is 2.78. The maximum Gasteiger partial charge on any atom is -0.00456 e. The van der Waals surface area contributed by atoms with Crippen molar-refractivity contribution in [2.75, 3.05) is 13.1 Å². The van der Waals surface area contributed by atoms with Crippen LogP contribution < -0.4 is 11.5 Å². The maximum absolute atomic E-state index is 5.34. The van der Waals surface area contributed by atoms with Crippen molar-refractivity contribution in [3.63, 3.8) is 0 Å². The Morgan fingerprint density at radius 2 is 1.57 bits per heavy atom. The lowest BCUT2D eigenvalue weighted by Crippen LogP contribution is -2.08. The van der Waals surface area contributed by atoms with Crippen molar-refractivity contribution in [1.29, 1.82) is 0 Å². The second kappa shape index (κ2) is 1.80. The smallest absolute Gasteiger partial charge is 0.00456 e. The van der Waals surface area contributed by atoms with Crippen LogP contribution in [0.5, 0.6) is 0 Å². The average molecular weight is 100 g/mol. The first-order chi connectivity index (χ1) is 3.38. The van der Waals surface area contributed by atoms with E-state index in [-0.39, 0.29) is 0 Å². The highest BCUT2D eigenvalue weighted by molar-refractivity contribution is 4.86. The summed E-state index contributed by atoms with van der Waals surface area (Å²) in [4.78, 5) is 0. The normalized spacial score (nSPS) is 38.6. The predicted octanol–water partition coefficient (Wildman–Crippen LogP) is -0.460.